The summed E-state index contributed by atoms with van der Waals surface area (Å²) in [5.74, 6) is 0.633. The summed E-state index contributed by atoms with van der Waals surface area (Å²) in [5, 5.41) is 0. The van der Waals surface area contributed by atoms with Gasteiger partial charge in [0.25, 0.3) is 0 Å². The van der Waals surface area contributed by atoms with Crippen LogP contribution in [0.2, 0.25) is 0 Å². The summed E-state index contributed by atoms with van der Waals surface area (Å²) in [4.78, 5) is 4.90. The Bertz CT molecular complexity index is 137. The van der Waals surface area contributed by atoms with E-state index in [0.717, 1.165) is 0 Å². The van der Waals surface area contributed by atoms with Gasteiger partial charge in [0.2, 0.25) is 0 Å². The monoisotopic (exact) mass is 168 g/mol. The van der Waals surface area contributed by atoms with Gasteiger partial charge in [-0.05, 0) is 13.0 Å². The third-order valence-corrected chi connectivity index (χ3v) is 2.54. The van der Waals surface area contributed by atoms with E-state index in [2.05, 4.69) is 30.4 Å². The van der Waals surface area contributed by atoms with Crippen LogP contribution in [0.25, 0.3) is 0 Å². The predicted molar refractivity (Wildman–Crippen MR) is 53.3 cm³/mol. The fourth-order valence-corrected chi connectivity index (χ4v) is 1.51. The van der Waals surface area contributed by atoms with Crippen molar-refractivity contribution in [1.29, 1.82) is 0 Å². The summed E-state index contributed by atoms with van der Waals surface area (Å²) in [5.41, 5.74) is 0. The number of likely N-dealkylation sites (N-methyl/N-ethyl adjacent to an activating group) is 1. The van der Waals surface area contributed by atoms with Crippen molar-refractivity contribution >= 4 is 0 Å². The minimum Gasteiger partial charge on any atom is -0.304 e. The molecule has 2 heteroatoms. The normalized spacial score (nSPS) is 23.8. The van der Waals surface area contributed by atoms with Crippen molar-refractivity contribution in [3.8, 4) is 0 Å². The standard InChI is InChI=1S/C10H20N2/c1-4-10(2)9-12-7-5-11(3)6-8-12/h4,10H,1,5-9H2,2-3H3. The Morgan fingerprint density at radius 1 is 1.33 bits per heavy atom. The molecule has 1 atom stereocenters. The molecule has 0 saturated carbocycles. The molecule has 1 unspecified atom stereocenters. The highest BCUT2D eigenvalue weighted by atomic mass is 15.2. The zero-order valence-electron chi connectivity index (χ0n) is 8.29. The number of nitrogens with zero attached hydrogens (tertiary/aromatic N) is 2. The van der Waals surface area contributed by atoms with Crippen LogP contribution in [0, 0.1) is 5.92 Å². The van der Waals surface area contributed by atoms with Gasteiger partial charge in [-0.1, -0.05) is 13.0 Å². The van der Waals surface area contributed by atoms with E-state index < -0.39 is 0 Å². The molecule has 0 aromatic rings. The van der Waals surface area contributed by atoms with Crippen LogP contribution in [0.5, 0.6) is 0 Å². The summed E-state index contributed by atoms with van der Waals surface area (Å²) in [6.45, 7) is 12.1. The van der Waals surface area contributed by atoms with Crippen LogP contribution < -0.4 is 0 Å². The van der Waals surface area contributed by atoms with Gasteiger partial charge in [-0.2, -0.15) is 0 Å². The van der Waals surface area contributed by atoms with Crippen molar-refractivity contribution in [2.75, 3.05) is 39.8 Å². The Labute approximate surface area is 75.8 Å². The summed E-state index contributed by atoms with van der Waals surface area (Å²) < 4.78 is 0. The number of rotatable bonds is 3. The van der Waals surface area contributed by atoms with Crippen LogP contribution >= 0.6 is 0 Å². The Morgan fingerprint density at radius 3 is 2.42 bits per heavy atom. The fraction of sp³-hybridized carbons (Fsp3) is 0.800. The molecule has 0 aromatic heterocycles. The van der Waals surface area contributed by atoms with E-state index >= 15 is 0 Å². The average molecular weight is 168 g/mol. The molecule has 0 amide bonds. The van der Waals surface area contributed by atoms with Gasteiger partial charge >= 0.3 is 0 Å². The number of hydrogen-bond acceptors (Lipinski definition) is 2. The fourth-order valence-electron chi connectivity index (χ4n) is 1.51. The van der Waals surface area contributed by atoms with Gasteiger partial charge < -0.3 is 9.80 Å². The molecule has 70 valence electrons. The van der Waals surface area contributed by atoms with Crippen molar-refractivity contribution < 1.29 is 0 Å². The third kappa shape index (κ3) is 2.95. The molecule has 0 N–H and O–H groups in total. The molecule has 1 fully saturated rings. The highest BCUT2D eigenvalue weighted by Gasteiger charge is 2.14. The second kappa shape index (κ2) is 4.63. The van der Waals surface area contributed by atoms with Crippen LogP contribution in [0.1, 0.15) is 6.92 Å². The third-order valence-electron chi connectivity index (χ3n) is 2.54. The molecule has 1 aliphatic rings. The van der Waals surface area contributed by atoms with Crippen molar-refractivity contribution in [2.45, 2.75) is 6.92 Å². The van der Waals surface area contributed by atoms with Crippen LogP contribution in [0.4, 0.5) is 0 Å². The number of hydrogen-bond donors (Lipinski definition) is 0. The smallest absolute Gasteiger partial charge is 0.0110 e. The maximum absolute atomic E-state index is 3.80. The number of piperazine rings is 1. The SMILES string of the molecule is C=CC(C)CN1CCN(C)CC1. The first-order chi connectivity index (χ1) is 5.72. The maximum atomic E-state index is 3.80. The second-order valence-corrected chi connectivity index (χ2v) is 3.82. The molecular weight excluding hydrogens is 148 g/mol. The summed E-state index contributed by atoms with van der Waals surface area (Å²) in [6.07, 6.45) is 2.04. The lowest BCUT2D eigenvalue weighted by atomic mass is 10.1. The van der Waals surface area contributed by atoms with E-state index in [0.29, 0.717) is 5.92 Å². The first-order valence-electron chi connectivity index (χ1n) is 4.76. The molecule has 0 radical (unpaired) electrons. The molecule has 1 aliphatic heterocycles. The zero-order valence-corrected chi connectivity index (χ0v) is 8.29. The predicted octanol–water partition coefficient (Wildman–Crippen LogP) is 1.06. The van der Waals surface area contributed by atoms with Gasteiger partial charge in [0.1, 0.15) is 0 Å². The largest absolute Gasteiger partial charge is 0.304 e. The quantitative estimate of drug-likeness (QED) is 0.581. The molecule has 0 aliphatic carbocycles. The molecule has 12 heavy (non-hydrogen) atoms. The Balaban J connectivity index is 2.21. The van der Waals surface area contributed by atoms with Crippen molar-refractivity contribution in [1.82, 2.24) is 9.80 Å². The molecule has 2 nitrogen and oxygen atoms in total. The molecular formula is C10H20N2. The second-order valence-electron chi connectivity index (χ2n) is 3.82. The van der Waals surface area contributed by atoms with Crippen molar-refractivity contribution in [2.24, 2.45) is 5.92 Å². The molecule has 1 heterocycles. The lowest BCUT2D eigenvalue weighted by Crippen LogP contribution is -2.45. The summed E-state index contributed by atoms with van der Waals surface area (Å²) in [7, 11) is 2.19. The van der Waals surface area contributed by atoms with Gasteiger partial charge in [0.15, 0.2) is 0 Å². The first kappa shape index (κ1) is 9.75. The molecule has 0 aromatic carbocycles. The van der Waals surface area contributed by atoms with Crippen molar-refractivity contribution in [3.05, 3.63) is 12.7 Å². The minimum absolute atomic E-state index is 0.633. The first-order valence-corrected chi connectivity index (χ1v) is 4.76. The highest BCUT2D eigenvalue weighted by Crippen LogP contribution is 2.04. The van der Waals surface area contributed by atoms with Gasteiger partial charge in [-0.15, -0.1) is 6.58 Å². The van der Waals surface area contributed by atoms with E-state index in [1.54, 1.807) is 0 Å². The van der Waals surface area contributed by atoms with Crippen molar-refractivity contribution in [3.63, 3.8) is 0 Å². The van der Waals surface area contributed by atoms with E-state index in [1.807, 2.05) is 6.08 Å². The molecule has 0 bridgehead atoms. The van der Waals surface area contributed by atoms with Gasteiger partial charge in [-0.3, -0.25) is 0 Å². The van der Waals surface area contributed by atoms with E-state index in [4.69, 9.17) is 0 Å². The topological polar surface area (TPSA) is 6.48 Å². The summed E-state index contributed by atoms with van der Waals surface area (Å²) >= 11 is 0. The minimum atomic E-state index is 0.633. The van der Waals surface area contributed by atoms with Crippen LogP contribution in [-0.2, 0) is 0 Å². The zero-order chi connectivity index (χ0) is 8.97. The van der Waals surface area contributed by atoms with Crippen LogP contribution in [0.3, 0.4) is 0 Å². The average Bonchev–Trinajstić information content (AvgIpc) is 2.09. The van der Waals surface area contributed by atoms with Gasteiger partial charge in [-0.25, -0.2) is 0 Å². The van der Waals surface area contributed by atoms with Gasteiger partial charge in [0.05, 0.1) is 0 Å². The molecule has 1 saturated heterocycles. The molecule has 1 rings (SSSR count). The van der Waals surface area contributed by atoms with E-state index in [9.17, 15) is 0 Å². The Kier molecular flexibility index (Phi) is 3.76. The Morgan fingerprint density at radius 2 is 1.92 bits per heavy atom. The summed E-state index contributed by atoms with van der Waals surface area (Å²) in [6, 6.07) is 0. The van der Waals surface area contributed by atoms with Crippen LogP contribution in [0.15, 0.2) is 12.7 Å². The molecule has 0 spiro atoms. The van der Waals surface area contributed by atoms with Crippen LogP contribution in [-0.4, -0.2) is 49.6 Å². The Hall–Kier alpha value is -0.340. The lowest BCUT2D eigenvalue weighted by Gasteiger charge is -2.33. The lowest BCUT2D eigenvalue weighted by molar-refractivity contribution is 0.145. The van der Waals surface area contributed by atoms with E-state index in [1.165, 1.54) is 32.7 Å². The highest BCUT2D eigenvalue weighted by molar-refractivity contribution is 4.80. The maximum Gasteiger partial charge on any atom is 0.0110 e. The van der Waals surface area contributed by atoms with Gasteiger partial charge in [0, 0.05) is 32.7 Å². The van der Waals surface area contributed by atoms with E-state index in [-0.39, 0.29) is 0 Å².